The van der Waals surface area contributed by atoms with E-state index in [2.05, 4.69) is 74.4 Å². The second kappa shape index (κ2) is 12.3. The molecule has 7 nitrogen and oxygen atoms in total. The van der Waals surface area contributed by atoms with E-state index in [-0.39, 0.29) is 30.1 Å². The van der Waals surface area contributed by atoms with Crippen LogP contribution in [-0.4, -0.2) is 58.7 Å². The number of benzene rings is 1. The van der Waals surface area contributed by atoms with Crippen LogP contribution in [0.1, 0.15) is 106 Å². The Morgan fingerprint density at radius 2 is 1.62 bits per heavy atom. The molecule has 2 aliphatic heterocycles. The molecule has 1 fully saturated rings. The number of rotatable bonds is 11. The fourth-order valence-corrected chi connectivity index (χ4v) is 5.86. The van der Waals surface area contributed by atoms with Crippen LogP contribution in [0.5, 0.6) is 0 Å². The maximum absolute atomic E-state index is 13.9. The van der Waals surface area contributed by atoms with E-state index in [1.165, 1.54) is 18.1 Å². The van der Waals surface area contributed by atoms with Gasteiger partial charge in [-0.05, 0) is 98.1 Å². The number of unbranched alkanes of at least 4 members (excludes halogenated alkanes) is 1. The largest absolute Gasteiger partial charge is 0.457 e. The SMILES string of the molecule is CCN1Cc2ccccc2CC1CCC(CCCCB1OC(C)(C)C(C)(C)O1)(NC(C)=O)C(=O)NC(C)(C)C. The number of carbonyl (C=O) groups excluding carboxylic acids is 2. The number of hydrogen-bond acceptors (Lipinski definition) is 5. The molecule has 0 aromatic heterocycles. The monoisotopic (exact) mass is 541 g/mol. The Labute approximate surface area is 237 Å². The highest BCUT2D eigenvalue weighted by Gasteiger charge is 2.50. The summed E-state index contributed by atoms with van der Waals surface area (Å²) >= 11 is 0. The molecule has 2 atom stereocenters. The number of amides is 2. The average molecular weight is 542 g/mol. The topological polar surface area (TPSA) is 79.9 Å². The van der Waals surface area contributed by atoms with Crippen molar-refractivity contribution < 1.29 is 18.9 Å². The first kappa shape index (κ1) is 31.6. The Kier molecular flexibility index (Phi) is 9.99. The molecule has 3 rings (SSSR count). The van der Waals surface area contributed by atoms with Crippen LogP contribution in [0.4, 0.5) is 0 Å². The highest BCUT2D eigenvalue weighted by atomic mass is 16.7. The minimum absolute atomic E-state index is 0.0971. The van der Waals surface area contributed by atoms with Gasteiger partial charge in [0.2, 0.25) is 11.8 Å². The molecule has 0 saturated carbocycles. The van der Waals surface area contributed by atoms with Crippen LogP contribution in [0.3, 0.4) is 0 Å². The van der Waals surface area contributed by atoms with E-state index in [1.54, 1.807) is 0 Å². The molecule has 2 amide bonds. The molecule has 0 spiro atoms. The van der Waals surface area contributed by atoms with Crippen LogP contribution < -0.4 is 10.6 Å². The van der Waals surface area contributed by atoms with E-state index in [0.717, 1.165) is 45.1 Å². The summed E-state index contributed by atoms with van der Waals surface area (Å²) in [6.45, 7) is 19.8. The smallest absolute Gasteiger partial charge is 0.403 e. The lowest BCUT2D eigenvalue weighted by Crippen LogP contribution is -2.62. The van der Waals surface area contributed by atoms with Crippen molar-refractivity contribution in [2.75, 3.05) is 6.54 Å². The van der Waals surface area contributed by atoms with Crippen LogP contribution in [0.15, 0.2) is 24.3 Å². The van der Waals surface area contributed by atoms with Gasteiger partial charge in [-0.1, -0.05) is 44.0 Å². The van der Waals surface area contributed by atoms with Gasteiger partial charge in [0.1, 0.15) is 5.54 Å². The van der Waals surface area contributed by atoms with E-state index < -0.39 is 11.1 Å². The summed E-state index contributed by atoms with van der Waals surface area (Å²) in [5.41, 5.74) is 0.701. The van der Waals surface area contributed by atoms with Gasteiger partial charge in [-0.25, -0.2) is 0 Å². The molecule has 1 aromatic carbocycles. The second-order valence-electron chi connectivity index (χ2n) is 13.6. The van der Waals surface area contributed by atoms with Crippen molar-refractivity contribution in [3.8, 4) is 0 Å². The van der Waals surface area contributed by atoms with Crippen molar-refractivity contribution in [1.82, 2.24) is 15.5 Å². The molecule has 2 unspecified atom stereocenters. The first-order valence-electron chi connectivity index (χ1n) is 14.9. The Bertz CT molecular complexity index is 990. The summed E-state index contributed by atoms with van der Waals surface area (Å²) in [6.07, 6.45) is 5.34. The fourth-order valence-electron chi connectivity index (χ4n) is 5.86. The van der Waals surface area contributed by atoms with Crippen LogP contribution in [0, 0.1) is 0 Å². The maximum atomic E-state index is 13.9. The predicted molar refractivity (Wildman–Crippen MR) is 158 cm³/mol. The first-order chi connectivity index (χ1) is 18.1. The van der Waals surface area contributed by atoms with Gasteiger partial charge in [0.25, 0.3) is 0 Å². The summed E-state index contributed by atoms with van der Waals surface area (Å²) in [6, 6.07) is 8.97. The Morgan fingerprint density at radius 3 is 2.18 bits per heavy atom. The lowest BCUT2D eigenvalue weighted by atomic mass is 9.78. The van der Waals surface area contributed by atoms with E-state index >= 15 is 0 Å². The molecule has 2 heterocycles. The van der Waals surface area contributed by atoms with E-state index in [0.29, 0.717) is 18.9 Å². The van der Waals surface area contributed by atoms with Crippen molar-refractivity contribution >= 4 is 18.9 Å². The summed E-state index contributed by atoms with van der Waals surface area (Å²) in [5, 5.41) is 6.31. The van der Waals surface area contributed by atoms with Crippen molar-refractivity contribution in [2.45, 2.75) is 142 Å². The summed E-state index contributed by atoms with van der Waals surface area (Å²) in [5.74, 6) is -0.272. The minimum Gasteiger partial charge on any atom is -0.403 e. The lowest BCUT2D eigenvalue weighted by Gasteiger charge is -2.40. The number of fused-ring (bicyclic) bond motifs is 1. The van der Waals surface area contributed by atoms with Gasteiger partial charge < -0.3 is 19.9 Å². The van der Waals surface area contributed by atoms with Gasteiger partial charge in [-0.2, -0.15) is 0 Å². The van der Waals surface area contributed by atoms with Gasteiger partial charge in [0.05, 0.1) is 11.2 Å². The van der Waals surface area contributed by atoms with Gasteiger partial charge >= 0.3 is 7.12 Å². The third kappa shape index (κ3) is 8.08. The van der Waals surface area contributed by atoms with Crippen LogP contribution >= 0.6 is 0 Å². The number of hydrogen-bond donors (Lipinski definition) is 2. The first-order valence-corrected chi connectivity index (χ1v) is 14.9. The molecule has 0 radical (unpaired) electrons. The Hall–Kier alpha value is -1.90. The standard InChI is InChI=1S/C31H52BN3O4/c1-10-35-22-25-16-12-11-15-24(25)21-26(35)17-19-31(33-23(2)36,27(37)34-28(3,4)5)18-13-14-20-32-38-29(6,7)30(8,9)39-32/h11-12,15-16,26H,10,13-14,17-22H2,1-9H3,(H,33,36)(H,34,37). The molecule has 1 aromatic rings. The third-order valence-electron chi connectivity index (χ3n) is 8.71. The summed E-state index contributed by atoms with van der Waals surface area (Å²) in [4.78, 5) is 28.9. The summed E-state index contributed by atoms with van der Waals surface area (Å²) in [7, 11) is -0.256. The zero-order valence-electron chi connectivity index (χ0n) is 25.9. The fraction of sp³-hybridized carbons (Fsp3) is 0.742. The van der Waals surface area contributed by atoms with Crippen molar-refractivity contribution in [1.29, 1.82) is 0 Å². The molecule has 2 aliphatic rings. The van der Waals surface area contributed by atoms with Crippen molar-refractivity contribution in [3.05, 3.63) is 35.4 Å². The molecule has 2 N–H and O–H groups in total. The van der Waals surface area contributed by atoms with E-state index in [9.17, 15) is 9.59 Å². The zero-order chi connectivity index (χ0) is 29.1. The van der Waals surface area contributed by atoms with Gasteiger partial charge in [-0.3, -0.25) is 14.5 Å². The number of carbonyl (C=O) groups is 2. The molecule has 0 aliphatic carbocycles. The number of nitrogens with one attached hydrogen (secondary N) is 2. The quantitative estimate of drug-likeness (QED) is 0.295. The molecule has 218 valence electrons. The van der Waals surface area contributed by atoms with Crippen LogP contribution in [0.25, 0.3) is 0 Å². The zero-order valence-corrected chi connectivity index (χ0v) is 25.9. The number of nitrogens with zero attached hydrogens (tertiary/aromatic N) is 1. The van der Waals surface area contributed by atoms with E-state index in [4.69, 9.17) is 9.31 Å². The molecular weight excluding hydrogens is 489 g/mol. The minimum atomic E-state index is -0.967. The molecule has 8 heteroatoms. The second-order valence-corrected chi connectivity index (χ2v) is 13.6. The summed E-state index contributed by atoms with van der Waals surface area (Å²) < 4.78 is 12.4. The molecule has 1 saturated heterocycles. The third-order valence-corrected chi connectivity index (χ3v) is 8.71. The van der Waals surface area contributed by atoms with Crippen LogP contribution in [0.2, 0.25) is 6.32 Å². The van der Waals surface area contributed by atoms with Crippen LogP contribution in [-0.2, 0) is 31.9 Å². The normalized spacial score (nSPS) is 22.2. The average Bonchev–Trinajstić information content (AvgIpc) is 3.03. The molecular formula is C31H52BN3O4. The Balaban J connectivity index is 1.74. The van der Waals surface area contributed by atoms with Crippen molar-refractivity contribution in [2.24, 2.45) is 0 Å². The lowest BCUT2D eigenvalue weighted by molar-refractivity contribution is -0.135. The van der Waals surface area contributed by atoms with Gasteiger partial charge in [0.15, 0.2) is 0 Å². The highest BCUT2D eigenvalue weighted by Crippen LogP contribution is 2.38. The molecule has 0 bridgehead atoms. The predicted octanol–water partition coefficient (Wildman–Crippen LogP) is 5.27. The van der Waals surface area contributed by atoms with Gasteiger partial charge in [0, 0.05) is 25.0 Å². The molecule has 39 heavy (non-hydrogen) atoms. The van der Waals surface area contributed by atoms with E-state index in [1.807, 2.05) is 20.8 Å². The van der Waals surface area contributed by atoms with Gasteiger partial charge in [-0.15, -0.1) is 0 Å². The van der Waals surface area contributed by atoms with Crippen molar-refractivity contribution in [3.63, 3.8) is 0 Å². The maximum Gasteiger partial charge on any atom is 0.457 e. The number of likely N-dealkylation sites (N-methyl/N-ethyl adjacent to an activating group) is 1. The Morgan fingerprint density at radius 1 is 1.00 bits per heavy atom. The highest BCUT2D eigenvalue weighted by molar-refractivity contribution is 6.45.